The third kappa shape index (κ3) is 6.99. The zero-order valence-corrected chi connectivity index (χ0v) is 18.5. The number of rotatable bonds is 5. The molecule has 2 saturated heterocycles. The summed E-state index contributed by atoms with van der Waals surface area (Å²) >= 11 is 0. The smallest absolute Gasteiger partial charge is 0.410 e. The first-order valence-corrected chi connectivity index (χ1v) is 10.9. The van der Waals surface area contributed by atoms with Crippen molar-refractivity contribution in [3.63, 3.8) is 0 Å². The van der Waals surface area contributed by atoms with Gasteiger partial charge in [-0.25, -0.2) is 4.79 Å². The molecule has 166 valence electrons. The number of hydrogen-bond donors (Lipinski definition) is 0. The van der Waals surface area contributed by atoms with Crippen molar-refractivity contribution in [3.8, 4) is 0 Å². The minimum Gasteiger partial charge on any atom is -0.460 e. The molecule has 3 rings (SSSR count). The summed E-state index contributed by atoms with van der Waals surface area (Å²) in [7, 11) is 0. The Kier molecular flexibility index (Phi) is 7.72. The predicted molar refractivity (Wildman–Crippen MR) is 115 cm³/mol. The molecule has 1 amide bonds. The van der Waals surface area contributed by atoms with Gasteiger partial charge >= 0.3 is 12.1 Å². The zero-order valence-electron chi connectivity index (χ0n) is 18.5. The maximum Gasteiger partial charge on any atom is 0.410 e. The quantitative estimate of drug-likeness (QED) is 0.687. The fourth-order valence-electron chi connectivity index (χ4n) is 3.99. The lowest BCUT2D eigenvalue weighted by Crippen LogP contribution is -2.54. The molecule has 0 unspecified atom stereocenters. The Morgan fingerprint density at radius 1 is 0.967 bits per heavy atom. The van der Waals surface area contributed by atoms with E-state index < -0.39 is 5.60 Å². The van der Waals surface area contributed by atoms with Crippen LogP contribution in [0.2, 0.25) is 0 Å². The van der Waals surface area contributed by atoms with Crippen LogP contribution >= 0.6 is 0 Å². The van der Waals surface area contributed by atoms with Gasteiger partial charge in [-0.2, -0.15) is 0 Å². The van der Waals surface area contributed by atoms with E-state index in [1.54, 1.807) is 0 Å². The van der Waals surface area contributed by atoms with E-state index in [2.05, 4.69) is 9.80 Å². The van der Waals surface area contributed by atoms with Crippen LogP contribution in [-0.4, -0.2) is 84.2 Å². The molecule has 7 heteroatoms. The summed E-state index contributed by atoms with van der Waals surface area (Å²) in [5.41, 5.74) is 0.556. The van der Waals surface area contributed by atoms with E-state index in [4.69, 9.17) is 9.47 Å². The molecule has 30 heavy (non-hydrogen) atoms. The van der Waals surface area contributed by atoms with E-state index in [0.29, 0.717) is 19.2 Å². The first kappa shape index (κ1) is 22.6. The van der Waals surface area contributed by atoms with Gasteiger partial charge in [-0.1, -0.05) is 30.3 Å². The van der Waals surface area contributed by atoms with Gasteiger partial charge in [0.2, 0.25) is 0 Å². The first-order valence-electron chi connectivity index (χ1n) is 10.9. The van der Waals surface area contributed by atoms with Crippen LogP contribution in [0.5, 0.6) is 0 Å². The van der Waals surface area contributed by atoms with Gasteiger partial charge in [-0.15, -0.1) is 0 Å². The molecule has 2 heterocycles. The number of amides is 1. The molecule has 0 aromatic heterocycles. The van der Waals surface area contributed by atoms with Crippen LogP contribution in [-0.2, 0) is 20.9 Å². The molecule has 2 aliphatic heterocycles. The van der Waals surface area contributed by atoms with Gasteiger partial charge < -0.3 is 14.4 Å². The van der Waals surface area contributed by atoms with E-state index in [-0.39, 0.29) is 12.1 Å². The summed E-state index contributed by atoms with van der Waals surface area (Å²) in [5.74, 6) is -0.169. The van der Waals surface area contributed by atoms with Gasteiger partial charge in [-0.05, 0) is 39.2 Å². The number of nitrogens with zero attached hydrogens (tertiary/aromatic N) is 3. The highest BCUT2D eigenvalue weighted by Gasteiger charge is 2.31. The van der Waals surface area contributed by atoms with Crippen molar-refractivity contribution in [1.82, 2.24) is 14.7 Å². The summed E-state index contributed by atoms with van der Waals surface area (Å²) in [4.78, 5) is 30.9. The molecule has 0 aliphatic carbocycles. The molecule has 2 fully saturated rings. The van der Waals surface area contributed by atoms with Crippen LogP contribution in [0.3, 0.4) is 0 Å². The lowest BCUT2D eigenvalue weighted by Gasteiger charge is -2.42. The summed E-state index contributed by atoms with van der Waals surface area (Å²) in [6.07, 6.45) is 1.73. The van der Waals surface area contributed by atoms with E-state index in [0.717, 1.165) is 57.7 Å². The van der Waals surface area contributed by atoms with Crippen molar-refractivity contribution in [2.45, 2.75) is 51.9 Å². The first-order chi connectivity index (χ1) is 14.3. The Balaban J connectivity index is 1.34. The van der Waals surface area contributed by atoms with Crippen molar-refractivity contribution in [2.24, 2.45) is 0 Å². The molecule has 1 aromatic carbocycles. The number of esters is 1. The molecule has 7 nitrogen and oxygen atoms in total. The van der Waals surface area contributed by atoms with Gasteiger partial charge in [0.05, 0.1) is 6.54 Å². The van der Waals surface area contributed by atoms with Crippen molar-refractivity contribution >= 4 is 12.1 Å². The van der Waals surface area contributed by atoms with Crippen molar-refractivity contribution in [3.05, 3.63) is 35.9 Å². The van der Waals surface area contributed by atoms with E-state index >= 15 is 0 Å². The van der Waals surface area contributed by atoms with Gasteiger partial charge in [0.15, 0.2) is 0 Å². The number of benzene rings is 1. The number of carbonyl (C=O) groups is 2. The second kappa shape index (κ2) is 10.3. The van der Waals surface area contributed by atoms with Crippen molar-refractivity contribution in [1.29, 1.82) is 0 Å². The highest BCUT2D eigenvalue weighted by molar-refractivity contribution is 5.71. The topological polar surface area (TPSA) is 62.3 Å². The predicted octanol–water partition coefficient (Wildman–Crippen LogP) is 2.75. The van der Waals surface area contributed by atoms with Gasteiger partial charge in [-0.3, -0.25) is 14.6 Å². The number of ether oxygens (including phenoxy) is 2. The maximum atomic E-state index is 12.2. The number of piperidine rings is 1. The average Bonchev–Trinajstić information content (AvgIpc) is 2.72. The monoisotopic (exact) mass is 417 g/mol. The third-order valence-corrected chi connectivity index (χ3v) is 5.63. The number of hydrogen-bond acceptors (Lipinski definition) is 6. The summed E-state index contributed by atoms with van der Waals surface area (Å²) in [6.45, 7) is 11.5. The summed E-state index contributed by atoms with van der Waals surface area (Å²) in [6, 6.07) is 10.3. The van der Waals surface area contributed by atoms with Crippen LogP contribution in [0, 0.1) is 0 Å². The Morgan fingerprint density at radius 2 is 1.60 bits per heavy atom. The normalized spacial score (nSPS) is 19.5. The molecular weight excluding hydrogens is 382 g/mol. The summed E-state index contributed by atoms with van der Waals surface area (Å²) in [5, 5.41) is 0. The molecule has 0 N–H and O–H groups in total. The van der Waals surface area contributed by atoms with Gasteiger partial charge in [0.25, 0.3) is 0 Å². The minimum absolute atomic E-state index is 0.169. The minimum atomic E-state index is -0.452. The molecule has 0 radical (unpaired) electrons. The van der Waals surface area contributed by atoms with Crippen LogP contribution < -0.4 is 0 Å². The Labute approximate surface area is 179 Å². The Morgan fingerprint density at radius 3 is 2.20 bits per heavy atom. The Hall–Kier alpha value is -2.12. The van der Waals surface area contributed by atoms with Crippen LogP contribution in [0.4, 0.5) is 4.79 Å². The molecule has 1 aromatic rings. The third-order valence-electron chi connectivity index (χ3n) is 5.63. The van der Waals surface area contributed by atoms with Crippen molar-refractivity contribution < 1.29 is 19.1 Å². The molecule has 0 saturated carbocycles. The summed E-state index contributed by atoms with van der Waals surface area (Å²) < 4.78 is 10.9. The molecule has 0 atom stereocenters. The largest absolute Gasteiger partial charge is 0.460 e. The Bertz CT molecular complexity index is 688. The zero-order chi connectivity index (χ0) is 21.6. The molecule has 2 aliphatic rings. The average molecular weight is 418 g/mol. The highest BCUT2D eigenvalue weighted by Crippen LogP contribution is 2.20. The second-order valence-electron chi connectivity index (χ2n) is 9.16. The molecular formula is C23H35N3O4. The van der Waals surface area contributed by atoms with Crippen LogP contribution in [0.15, 0.2) is 30.3 Å². The highest BCUT2D eigenvalue weighted by atomic mass is 16.6. The standard InChI is InChI=1S/C23H35N3O4/c1-23(2,3)30-22(28)26-11-9-20(10-12-26)25-15-13-24(14-16-25)17-21(27)29-18-19-7-5-4-6-8-19/h4-8,20H,9-18H2,1-3H3. The molecule has 0 bridgehead atoms. The molecule has 0 spiro atoms. The van der Waals surface area contributed by atoms with Crippen LogP contribution in [0.1, 0.15) is 39.2 Å². The lowest BCUT2D eigenvalue weighted by atomic mass is 10.0. The van der Waals surface area contributed by atoms with E-state index in [1.165, 1.54) is 0 Å². The van der Waals surface area contributed by atoms with E-state index in [1.807, 2.05) is 56.0 Å². The number of carbonyl (C=O) groups excluding carboxylic acids is 2. The fraction of sp³-hybridized carbons (Fsp3) is 0.652. The SMILES string of the molecule is CC(C)(C)OC(=O)N1CCC(N2CCN(CC(=O)OCc3ccccc3)CC2)CC1. The van der Waals surface area contributed by atoms with Gasteiger partial charge in [0.1, 0.15) is 12.2 Å². The van der Waals surface area contributed by atoms with Crippen molar-refractivity contribution in [2.75, 3.05) is 45.8 Å². The number of piperazine rings is 1. The maximum absolute atomic E-state index is 12.2. The van der Waals surface area contributed by atoms with Gasteiger partial charge in [0, 0.05) is 45.3 Å². The second-order valence-corrected chi connectivity index (χ2v) is 9.16. The fourth-order valence-corrected chi connectivity index (χ4v) is 3.99. The number of likely N-dealkylation sites (tertiary alicyclic amines) is 1. The van der Waals surface area contributed by atoms with E-state index in [9.17, 15) is 9.59 Å². The lowest BCUT2D eigenvalue weighted by molar-refractivity contribution is -0.146. The van der Waals surface area contributed by atoms with Crippen LogP contribution in [0.25, 0.3) is 0 Å².